The Morgan fingerprint density at radius 2 is 2.07 bits per heavy atom. The van der Waals surface area contributed by atoms with Gasteiger partial charge in [-0.25, -0.2) is 9.78 Å². The van der Waals surface area contributed by atoms with Crippen molar-refractivity contribution < 1.29 is 9.59 Å². The maximum Gasteiger partial charge on any atom is 0.315 e. The normalized spacial score (nSPS) is 19.5. The third-order valence-electron chi connectivity index (χ3n) is 5.00. The maximum absolute atomic E-state index is 12.2. The zero-order valence-electron chi connectivity index (χ0n) is 16.7. The Labute approximate surface area is 170 Å². The second-order valence-electron chi connectivity index (χ2n) is 7.80. The predicted molar refractivity (Wildman–Crippen MR) is 114 cm³/mol. The number of carbonyl (C=O) groups is 2. The van der Waals surface area contributed by atoms with Crippen LogP contribution in [0.15, 0.2) is 24.3 Å². The van der Waals surface area contributed by atoms with Gasteiger partial charge in [0, 0.05) is 31.0 Å². The summed E-state index contributed by atoms with van der Waals surface area (Å²) in [6.45, 7) is 4.56. The minimum absolute atomic E-state index is 0.000449. The number of rotatable bonds is 7. The molecule has 2 unspecified atom stereocenters. The van der Waals surface area contributed by atoms with Crippen LogP contribution >= 0.6 is 11.3 Å². The van der Waals surface area contributed by atoms with Crippen molar-refractivity contribution >= 4 is 33.5 Å². The summed E-state index contributed by atoms with van der Waals surface area (Å²) in [5, 5.41) is 10.1. The van der Waals surface area contributed by atoms with Crippen LogP contribution in [0.2, 0.25) is 0 Å². The lowest BCUT2D eigenvalue weighted by atomic mass is 9.85. The van der Waals surface area contributed by atoms with Crippen molar-refractivity contribution in [1.82, 2.24) is 20.9 Å². The van der Waals surface area contributed by atoms with Crippen LogP contribution in [0, 0.1) is 5.92 Å². The lowest BCUT2D eigenvalue weighted by Gasteiger charge is -2.29. The van der Waals surface area contributed by atoms with Gasteiger partial charge in [-0.3, -0.25) is 4.79 Å². The third-order valence-corrected chi connectivity index (χ3v) is 6.10. The summed E-state index contributed by atoms with van der Waals surface area (Å²) in [6.07, 6.45) is 5.25. The molecule has 1 saturated carbocycles. The highest BCUT2D eigenvalue weighted by Crippen LogP contribution is 2.25. The molecule has 152 valence electrons. The van der Waals surface area contributed by atoms with Crippen LogP contribution in [-0.4, -0.2) is 35.6 Å². The van der Waals surface area contributed by atoms with Crippen molar-refractivity contribution in [3.05, 3.63) is 29.3 Å². The Morgan fingerprint density at radius 1 is 1.25 bits per heavy atom. The summed E-state index contributed by atoms with van der Waals surface area (Å²) >= 11 is 1.71. The number of thiazole rings is 1. The molecular weight excluding hydrogens is 372 g/mol. The number of para-hydroxylation sites is 1. The number of hydrogen-bond acceptors (Lipinski definition) is 4. The van der Waals surface area contributed by atoms with Crippen molar-refractivity contribution in [3.63, 3.8) is 0 Å². The number of fused-ring (bicyclic) bond motifs is 1. The number of nitrogens with one attached hydrogen (secondary N) is 3. The first-order valence-corrected chi connectivity index (χ1v) is 11.0. The van der Waals surface area contributed by atoms with Crippen LogP contribution in [0.4, 0.5) is 4.79 Å². The summed E-state index contributed by atoms with van der Waals surface area (Å²) in [4.78, 5) is 29.0. The van der Waals surface area contributed by atoms with Crippen molar-refractivity contribution in [2.24, 2.45) is 5.92 Å². The van der Waals surface area contributed by atoms with Gasteiger partial charge in [-0.2, -0.15) is 0 Å². The molecule has 3 rings (SSSR count). The lowest BCUT2D eigenvalue weighted by Crippen LogP contribution is -2.47. The number of nitrogens with zero attached hydrogens (tertiary/aromatic N) is 1. The molecule has 2 atom stereocenters. The van der Waals surface area contributed by atoms with Crippen LogP contribution < -0.4 is 16.0 Å². The molecule has 1 aliphatic rings. The first-order chi connectivity index (χ1) is 13.5. The van der Waals surface area contributed by atoms with Crippen molar-refractivity contribution in [2.75, 3.05) is 6.54 Å². The quantitative estimate of drug-likeness (QED) is 0.619. The van der Waals surface area contributed by atoms with E-state index in [1.54, 1.807) is 11.3 Å². The zero-order valence-corrected chi connectivity index (χ0v) is 17.5. The highest BCUT2D eigenvalue weighted by Gasteiger charge is 2.28. The number of aromatic nitrogens is 1. The number of amides is 3. The molecule has 1 aromatic carbocycles. The summed E-state index contributed by atoms with van der Waals surface area (Å²) in [7, 11) is 0. The van der Waals surface area contributed by atoms with E-state index in [0.29, 0.717) is 6.54 Å². The molecular formula is C21H30N4O2S. The van der Waals surface area contributed by atoms with Crippen LogP contribution in [0.1, 0.15) is 51.0 Å². The SMILES string of the molecule is CC(C)NC(=O)C1CCCC(NC(=O)NCCCc2nc3ccccc3s2)C1. The second-order valence-corrected chi connectivity index (χ2v) is 8.92. The summed E-state index contributed by atoms with van der Waals surface area (Å²) in [6, 6.07) is 8.22. The van der Waals surface area contributed by atoms with E-state index < -0.39 is 0 Å². The third kappa shape index (κ3) is 5.92. The summed E-state index contributed by atoms with van der Waals surface area (Å²) in [5.74, 6) is 0.109. The Balaban J connectivity index is 1.36. The monoisotopic (exact) mass is 402 g/mol. The molecule has 7 heteroatoms. The molecule has 1 heterocycles. The largest absolute Gasteiger partial charge is 0.354 e. The predicted octanol–water partition coefficient (Wildman–Crippen LogP) is 3.61. The molecule has 3 N–H and O–H groups in total. The van der Waals surface area contributed by atoms with Gasteiger partial charge in [0.1, 0.15) is 0 Å². The standard InChI is InChI=1S/C21H30N4O2S/c1-14(2)23-20(26)15-7-5-8-16(13-15)24-21(27)22-12-6-11-19-25-17-9-3-4-10-18(17)28-19/h3-4,9-10,14-16H,5-8,11-13H2,1-2H3,(H,23,26)(H2,22,24,27). The Hall–Kier alpha value is -2.15. The Morgan fingerprint density at radius 3 is 2.86 bits per heavy atom. The molecule has 1 fully saturated rings. The van der Waals surface area contributed by atoms with Gasteiger partial charge in [-0.1, -0.05) is 18.6 Å². The van der Waals surface area contributed by atoms with Gasteiger partial charge in [0.2, 0.25) is 5.91 Å². The average molecular weight is 403 g/mol. The fourth-order valence-corrected chi connectivity index (χ4v) is 4.68. The molecule has 1 aliphatic carbocycles. The summed E-state index contributed by atoms with van der Waals surface area (Å²) < 4.78 is 1.21. The molecule has 3 amide bonds. The fourth-order valence-electron chi connectivity index (χ4n) is 3.67. The summed E-state index contributed by atoms with van der Waals surface area (Å²) in [5.41, 5.74) is 1.04. The van der Waals surface area contributed by atoms with E-state index in [9.17, 15) is 9.59 Å². The molecule has 0 radical (unpaired) electrons. The van der Waals surface area contributed by atoms with E-state index in [1.165, 1.54) is 4.70 Å². The van der Waals surface area contributed by atoms with E-state index in [-0.39, 0.29) is 29.9 Å². The zero-order chi connectivity index (χ0) is 19.9. The van der Waals surface area contributed by atoms with Gasteiger partial charge in [-0.15, -0.1) is 11.3 Å². The highest BCUT2D eigenvalue weighted by molar-refractivity contribution is 7.18. The van der Waals surface area contributed by atoms with Gasteiger partial charge in [0.15, 0.2) is 0 Å². The molecule has 0 aliphatic heterocycles. The smallest absolute Gasteiger partial charge is 0.315 e. The minimum Gasteiger partial charge on any atom is -0.354 e. The molecule has 0 spiro atoms. The topological polar surface area (TPSA) is 83.1 Å². The van der Waals surface area contributed by atoms with Crippen LogP contribution in [0.25, 0.3) is 10.2 Å². The van der Waals surface area contributed by atoms with Gasteiger partial charge in [0.05, 0.1) is 15.2 Å². The first-order valence-electron chi connectivity index (χ1n) is 10.2. The van der Waals surface area contributed by atoms with Crippen molar-refractivity contribution in [3.8, 4) is 0 Å². The maximum atomic E-state index is 12.2. The first kappa shape index (κ1) is 20.6. The molecule has 0 saturated heterocycles. The number of aryl methyl sites for hydroxylation is 1. The van der Waals surface area contributed by atoms with Gasteiger partial charge in [0.25, 0.3) is 0 Å². The highest BCUT2D eigenvalue weighted by atomic mass is 32.1. The molecule has 28 heavy (non-hydrogen) atoms. The number of benzene rings is 1. The van der Waals surface area contributed by atoms with E-state index in [4.69, 9.17) is 0 Å². The lowest BCUT2D eigenvalue weighted by molar-refractivity contribution is -0.126. The minimum atomic E-state index is -0.140. The van der Waals surface area contributed by atoms with Crippen LogP contribution in [0.3, 0.4) is 0 Å². The number of hydrogen-bond donors (Lipinski definition) is 3. The van der Waals surface area contributed by atoms with Gasteiger partial charge in [-0.05, 0) is 51.7 Å². The number of carbonyl (C=O) groups excluding carboxylic acids is 2. The van der Waals surface area contributed by atoms with E-state index >= 15 is 0 Å². The van der Waals surface area contributed by atoms with Crippen LogP contribution in [0.5, 0.6) is 0 Å². The van der Waals surface area contributed by atoms with Gasteiger partial charge >= 0.3 is 6.03 Å². The van der Waals surface area contributed by atoms with E-state index in [0.717, 1.165) is 49.0 Å². The van der Waals surface area contributed by atoms with Crippen molar-refractivity contribution in [2.45, 2.75) is 64.5 Å². The Bertz CT molecular complexity index is 772. The molecule has 1 aromatic heterocycles. The average Bonchev–Trinajstić information content (AvgIpc) is 3.08. The Kier molecular flexibility index (Phi) is 7.25. The van der Waals surface area contributed by atoms with E-state index in [1.807, 2.05) is 32.0 Å². The number of urea groups is 1. The van der Waals surface area contributed by atoms with E-state index in [2.05, 4.69) is 27.0 Å². The van der Waals surface area contributed by atoms with Gasteiger partial charge < -0.3 is 16.0 Å². The fraction of sp³-hybridized carbons (Fsp3) is 0.571. The molecule has 2 aromatic rings. The second kappa shape index (κ2) is 9.87. The van der Waals surface area contributed by atoms with Crippen molar-refractivity contribution in [1.29, 1.82) is 0 Å². The molecule has 0 bridgehead atoms. The van der Waals surface area contributed by atoms with Crippen LogP contribution in [-0.2, 0) is 11.2 Å². The molecule has 6 nitrogen and oxygen atoms in total.